The van der Waals surface area contributed by atoms with Gasteiger partial charge in [0.1, 0.15) is 11.5 Å². The number of phenols is 2. The summed E-state index contributed by atoms with van der Waals surface area (Å²) in [5, 5.41) is 26.5. The highest BCUT2D eigenvalue weighted by Gasteiger charge is 2.09. The van der Waals surface area contributed by atoms with Crippen LogP contribution in [0.15, 0.2) is 42.5 Å². The molecule has 0 bridgehead atoms. The molecule has 2 aromatic carbocycles. The summed E-state index contributed by atoms with van der Waals surface area (Å²) in [4.78, 5) is 35.1. The molecule has 0 atom stereocenters. The van der Waals surface area contributed by atoms with Crippen molar-refractivity contribution in [2.45, 2.75) is 6.92 Å². The Morgan fingerprint density at radius 1 is 0.846 bits per heavy atom. The van der Waals surface area contributed by atoms with E-state index in [1.165, 1.54) is 19.1 Å². The second kappa shape index (κ2) is 8.52. The van der Waals surface area contributed by atoms with Gasteiger partial charge in [-0.15, -0.1) is 0 Å². The number of rotatable bonds is 6. The lowest BCUT2D eigenvalue weighted by Gasteiger charge is -2.09. The van der Waals surface area contributed by atoms with Gasteiger partial charge in [0.05, 0.1) is 0 Å². The van der Waals surface area contributed by atoms with Gasteiger partial charge in [-0.2, -0.15) is 0 Å². The van der Waals surface area contributed by atoms with Gasteiger partial charge >= 0.3 is 0 Å². The predicted octanol–water partition coefficient (Wildman–Crippen LogP) is 1.22. The molecule has 8 heteroatoms. The average molecular weight is 357 g/mol. The van der Waals surface area contributed by atoms with Gasteiger partial charge in [0, 0.05) is 42.9 Å². The van der Waals surface area contributed by atoms with E-state index in [0.717, 1.165) is 6.07 Å². The van der Waals surface area contributed by atoms with Gasteiger partial charge in [-0.3, -0.25) is 14.4 Å². The van der Waals surface area contributed by atoms with Crippen LogP contribution >= 0.6 is 0 Å². The number of aromatic hydroxyl groups is 2. The lowest BCUT2D eigenvalue weighted by Crippen LogP contribution is -2.34. The quantitative estimate of drug-likeness (QED) is 0.497. The number of carbonyl (C=O) groups is 3. The van der Waals surface area contributed by atoms with Crippen LogP contribution in [0.2, 0.25) is 0 Å². The van der Waals surface area contributed by atoms with E-state index >= 15 is 0 Å². The standard InChI is InChI=1S/C18H19N3O5/c1-11(22)21-14-4-2-3-12(7-14)17(25)19-5-6-20-18(26)13-8-15(23)10-16(24)9-13/h2-4,7-10,23-24H,5-6H2,1H3,(H,19,25)(H,20,26)(H,21,22). The number of anilines is 1. The summed E-state index contributed by atoms with van der Waals surface area (Å²) in [7, 11) is 0. The van der Waals surface area contributed by atoms with Gasteiger partial charge < -0.3 is 26.2 Å². The minimum atomic E-state index is -0.488. The number of hydrogen-bond donors (Lipinski definition) is 5. The van der Waals surface area contributed by atoms with Crippen molar-refractivity contribution in [3.05, 3.63) is 53.6 Å². The molecule has 0 spiro atoms. The third kappa shape index (κ3) is 5.52. The van der Waals surface area contributed by atoms with Crippen LogP contribution in [0.1, 0.15) is 27.6 Å². The van der Waals surface area contributed by atoms with Crippen molar-refractivity contribution >= 4 is 23.4 Å². The molecule has 2 aromatic rings. The van der Waals surface area contributed by atoms with Gasteiger partial charge in [-0.25, -0.2) is 0 Å². The Hall–Kier alpha value is -3.55. The molecule has 0 aliphatic heterocycles. The molecular formula is C18H19N3O5. The van der Waals surface area contributed by atoms with Crippen molar-refractivity contribution in [3.63, 3.8) is 0 Å². The van der Waals surface area contributed by atoms with E-state index in [4.69, 9.17) is 0 Å². The van der Waals surface area contributed by atoms with Crippen molar-refractivity contribution in [3.8, 4) is 11.5 Å². The van der Waals surface area contributed by atoms with Crippen LogP contribution in [0.3, 0.4) is 0 Å². The molecular weight excluding hydrogens is 338 g/mol. The maximum atomic E-state index is 12.1. The zero-order valence-corrected chi connectivity index (χ0v) is 14.1. The summed E-state index contributed by atoms with van der Waals surface area (Å²) < 4.78 is 0. The monoisotopic (exact) mass is 357 g/mol. The van der Waals surface area contributed by atoms with Crippen molar-refractivity contribution in [2.24, 2.45) is 0 Å². The van der Waals surface area contributed by atoms with E-state index < -0.39 is 5.91 Å². The zero-order chi connectivity index (χ0) is 19.1. The first-order chi connectivity index (χ1) is 12.3. The van der Waals surface area contributed by atoms with Crippen LogP contribution < -0.4 is 16.0 Å². The summed E-state index contributed by atoms with van der Waals surface area (Å²) in [6.07, 6.45) is 0. The molecule has 2 rings (SSSR count). The van der Waals surface area contributed by atoms with E-state index in [0.29, 0.717) is 11.3 Å². The van der Waals surface area contributed by atoms with Gasteiger partial charge in [-0.05, 0) is 30.3 Å². The Labute approximate surface area is 149 Å². The molecule has 0 saturated carbocycles. The van der Waals surface area contributed by atoms with Crippen LogP contribution in [0.4, 0.5) is 5.69 Å². The van der Waals surface area contributed by atoms with Gasteiger partial charge in [-0.1, -0.05) is 6.07 Å². The summed E-state index contributed by atoms with van der Waals surface area (Å²) in [6.45, 7) is 1.72. The molecule has 136 valence electrons. The van der Waals surface area contributed by atoms with E-state index in [9.17, 15) is 24.6 Å². The fourth-order valence-electron chi connectivity index (χ4n) is 2.22. The first-order valence-electron chi connectivity index (χ1n) is 7.82. The van der Waals surface area contributed by atoms with Crippen LogP contribution in [-0.2, 0) is 4.79 Å². The van der Waals surface area contributed by atoms with Gasteiger partial charge in [0.15, 0.2) is 0 Å². The molecule has 0 unspecified atom stereocenters. The second-order valence-electron chi connectivity index (χ2n) is 5.51. The molecule has 5 N–H and O–H groups in total. The van der Waals surface area contributed by atoms with E-state index in [2.05, 4.69) is 16.0 Å². The summed E-state index contributed by atoms with van der Waals surface area (Å²) >= 11 is 0. The molecule has 0 heterocycles. The molecule has 0 radical (unpaired) electrons. The van der Waals surface area contributed by atoms with Crippen LogP contribution in [0.25, 0.3) is 0 Å². The Bertz CT molecular complexity index is 815. The molecule has 26 heavy (non-hydrogen) atoms. The van der Waals surface area contributed by atoms with E-state index in [1.54, 1.807) is 24.3 Å². The molecule has 0 aliphatic carbocycles. The lowest BCUT2D eigenvalue weighted by molar-refractivity contribution is -0.114. The van der Waals surface area contributed by atoms with Crippen molar-refractivity contribution < 1.29 is 24.6 Å². The maximum absolute atomic E-state index is 12.1. The minimum absolute atomic E-state index is 0.108. The van der Waals surface area contributed by atoms with Crippen LogP contribution in [0.5, 0.6) is 11.5 Å². The number of hydrogen-bond acceptors (Lipinski definition) is 5. The Kier molecular flexibility index (Phi) is 6.15. The molecule has 0 saturated heterocycles. The average Bonchev–Trinajstić information content (AvgIpc) is 2.57. The van der Waals surface area contributed by atoms with Gasteiger partial charge in [0.2, 0.25) is 5.91 Å². The number of phenolic OH excluding ortho intramolecular Hbond substituents is 2. The van der Waals surface area contributed by atoms with Crippen molar-refractivity contribution in [2.75, 3.05) is 18.4 Å². The number of benzene rings is 2. The maximum Gasteiger partial charge on any atom is 0.251 e. The highest BCUT2D eigenvalue weighted by molar-refractivity contribution is 5.97. The minimum Gasteiger partial charge on any atom is -0.508 e. The fraction of sp³-hybridized carbons (Fsp3) is 0.167. The first kappa shape index (κ1) is 18.8. The molecule has 3 amide bonds. The number of carbonyl (C=O) groups excluding carboxylic acids is 3. The van der Waals surface area contributed by atoms with Crippen LogP contribution in [-0.4, -0.2) is 41.0 Å². The largest absolute Gasteiger partial charge is 0.508 e. The Morgan fingerprint density at radius 3 is 2.00 bits per heavy atom. The molecule has 0 aromatic heterocycles. The van der Waals surface area contributed by atoms with Gasteiger partial charge in [0.25, 0.3) is 11.8 Å². The normalized spacial score (nSPS) is 10.0. The highest BCUT2D eigenvalue weighted by atomic mass is 16.3. The van der Waals surface area contributed by atoms with Crippen molar-refractivity contribution in [1.82, 2.24) is 10.6 Å². The van der Waals surface area contributed by atoms with Crippen molar-refractivity contribution in [1.29, 1.82) is 0 Å². The predicted molar refractivity (Wildman–Crippen MR) is 95.2 cm³/mol. The zero-order valence-electron chi connectivity index (χ0n) is 14.1. The lowest BCUT2D eigenvalue weighted by atomic mass is 10.2. The Balaban J connectivity index is 1.83. The van der Waals surface area contributed by atoms with Crippen LogP contribution in [0, 0.1) is 0 Å². The molecule has 8 nitrogen and oxygen atoms in total. The van der Waals surface area contributed by atoms with E-state index in [-0.39, 0.29) is 42.0 Å². The smallest absolute Gasteiger partial charge is 0.251 e. The number of amides is 3. The topological polar surface area (TPSA) is 128 Å². The SMILES string of the molecule is CC(=O)Nc1cccc(C(=O)NCCNC(=O)c2cc(O)cc(O)c2)c1. The summed E-state index contributed by atoms with van der Waals surface area (Å²) in [6, 6.07) is 10.0. The first-order valence-corrected chi connectivity index (χ1v) is 7.82. The van der Waals surface area contributed by atoms with E-state index in [1.807, 2.05) is 0 Å². The highest BCUT2D eigenvalue weighted by Crippen LogP contribution is 2.20. The molecule has 0 aliphatic rings. The second-order valence-corrected chi connectivity index (χ2v) is 5.51. The summed E-state index contributed by atoms with van der Waals surface area (Å²) in [5.41, 5.74) is 1.000. The molecule has 0 fully saturated rings. The number of nitrogens with one attached hydrogen (secondary N) is 3. The third-order valence-electron chi connectivity index (χ3n) is 3.31. The fourth-order valence-corrected chi connectivity index (χ4v) is 2.22. The summed E-state index contributed by atoms with van der Waals surface area (Å²) in [5.74, 6) is -1.51. The Morgan fingerprint density at radius 2 is 1.42 bits per heavy atom. The third-order valence-corrected chi connectivity index (χ3v) is 3.31.